The molecule has 2 aromatic rings. The van der Waals surface area contributed by atoms with Crippen LogP contribution in [0.2, 0.25) is 0 Å². The second kappa shape index (κ2) is 5.21. The van der Waals surface area contributed by atoms with Gasteiger partial charge in [-0.1, -0.05) is 0 Å². The van der Waals surface area contributed by atoms with E-state index in [4.69, 9.17) is 4.42 Å². The molecule has 21 heavy (non-hydrogen) atoms. The fraction of sp³-hybridized carbons (Fsp3) is 0.333. The molecular formula is C15H16N2O4. The molecule has 0 bridgehead atoms. The number of carbonyl (C=O) groups excluding carboxylic acids is 2. The number of hydrogen-bond donors (Lipinski definition) is 1. The molecule has 2 heterocycles. The lowest BCUT2D eigenvalue weighted by atomic mass is 10.1. The number of rotatable bonds is 2. The molecule has 1 N–H and O–H groups in total. The van der Waals surface area contributed by atoms with Crippen molar-refractivity contribution in [3.05, 3.63) is 29.5 Å². The van der Waals surface area contributed by atoms with Gasteiger partial charge in [-0.2, -0.15) is 0 Å². The van der Waals surface area contributed by atoms with Gasteiger partial charge in [-0.05, 0) is 25.2 Å². The van der Waals surface area contributed by atoms with Crippen molar-refractivity contribution in [3.8, 4) is 5.75 Å². The first-order chi connectivity index (χ1) is 10.1. The first kappa shape index (κ1) is 13.6. The number of phenols is 1. The molecule has 110 valence electrons. The van der Waals surface area contributed by atoms with Crippen molar-refractivity contribution in [2.75, 3.05) is 33.2 Å². The Labute approximate surface area is 121 Å². The number of fused-ring (bicyclic) bond motifs is 1. The van der Waals surface area contributed by atoms with Crippen molar-refractivity contribution in [1.29, 1.82) is 0 Å². The van der Waals surface area contributed by atoms with Crippen LogP contribution in [0.1, 0.15) is 20.9 Å². The van der Waals surface area contributed by atoms with E-state index in [9.17, 15) is 14.7 Å². The molecule has 6 nitrogen and oxygen atoms in total. The van der Waals surface area contributed by atoms with Crippen molar-refractivity contribution in [1.82, 2.24) is 9.80 Å². The van der Waals surface area contributed by atoms with Crippen LogP contribution < -0.4 is 0 Å². The van der Waals surface area contributed by atoms with Crippen LogP contribution in [0, 0.1) is 0 Å². The summed E-state index contributed by atoms with van der Waals surface area (Å²) in [5, 5.41) is 10.1. The number of piperazine rings is 1. The van der Waals surface area contributed by atoms with E-state index in [1.54, 1.807) is 11.0 Å². The number of carbonyl (C=O) groups is 2. The third kappa shape index (κ3) is 2.38. The van der Waals surface area contributed by atoms with Gasteiger partial charge in [0.15, 0.2) is 12.0 Å². The van der Waals surface area contributed by atoms with Gasteiger partial charge >= 0.3 is 0 Å². The van der Waals surface area contributed by atoms with Crippen LogP contribution >= 0.6 is 0 Å². The smallest absolute Gasteiger partial charge is 0.289 e. The molecule has 0 spiro atoms. The van der Waals surface area contributed by atoms with Gasteiger partial charge in [-0.25, -0.2) is 0 Å². The summed E-state index contributed by atoms with van der Waals surface area (Å²) < 4.78 is 5.53. The van der Waals surface area contributed by atoms with Crippen LogP contribution in [0.3, 0.4) is 0 Å². The maximum absolute atomic E-state index is 12.4. The van der Waals surface area contributed by atoms with E-state index in [0.29, 0.717) is 30.3 Å². The fourth-order valence-corrected chi connectivity index (χ4v) is 2.52. The van der Waals surface area contributed by atoms with E-state index < -0.39 is 0 Å². The lowest BCUT2D eigenvalue weighted by Gasteiger charge is -2.31. The van der Waals surface area contributed by atoms with Crippen LogP contribution in [0.15, 0.2) is 22.6 Å². The second-order valence-electron chi connectivity index (χ2n) is 5.23. The largest absolute Gasteiger partial charge is 0.507 e. The molecule has 1 aliphatic rings. The SMILES string of the molecule is CN1CCN(C(=O)c2cc3c(C=O)c(O)ccc3o2)CC1. The quantitative estimate of drug-likeness (QED) is 0.844. The summed E-state index contributed by atoms with van der Waals surface area (Å²) in [5.41, 5.74) is 0.570. The summed E-state index contributed by atoms with van der Waals surface area (Å²) in [6, 6.07) is 4.47. The molecular weight excluding hydrogens is 272 g/mol. The number of phenolic OH excluding ortho intramolecular Hbond substituents is 1. The predicted molar refractivity (Wildman–Crippen MR) is 76.7 cm³/mol. The van der Waals surface area contributed by atoms with Gasteiger partial charge in [0.05, 0.1) is 5.56 Å². The standard InChI is InChI=1S/C15H16N2O4/c1-16-4-6-17(7-5-16)15(20)14-8-10-11(9-18)12(19)2-3-13(10)21-14/h2-3,8-9,19H,4-7H2,1H3. The zero-order valence-corrected chi connectivity index (χ0v) is 11.7. The zero-order valence-electron chi connectivity index (χ0n) is 11.7. The third-order valence-electron chi connectivity index (χ3n) is 3.84. The van der Waals surface area contributed by atoms with Crippen LogP contribution in [0.5, 0.6) is 5.75 Å². The number of aldehydes is 1. The Hall–Kier alpha value is -2.34. The number of likely N-dealkylation sites (N-methyl/N-ethyl adjacent to an activating group) is 1. The molecule has 0 atom stereocenters. The van der Waals surface area contributed by atoms with Gasteiger partial charge < -0.3 is 19.3 Å². The van der Waals surface area contributed by atoms with E-state index in [2.05, 4.69) is 4.90 Å². The van der Waals surface area contributed by atoms with Crippen LogP contribution in [-0.4, -0.2) is 60.3 Å². The zero-order chi connectivity index (χ0) is 15.0. The number of amides is 1. The maximum Gasteiger partial charge on any atom is 0.289 e. The second-order valence-corrected chi connectivity index (χ2v) is 5.23. The minimum atomic E-state index is -0.185. The summed E-state index contributed by atoms with van der Waals surface area (Å²) >= 11 is 0. The monoisotopic (exact) mass is 288 g/mol. The summed E-state index contributed by atoms with van der Waals surface area (Å²) in [6.45, 7) is 2.95. The molecule has 1 aromatic carbocycles. The highest BCUT2D eigenvalue weighted by Crippen LogP contribution is 2.29. The topological polar surface area (TPSA) is 74.0 Å². The summed E-state index contributed by atoms with van der Waals surface area (Å²) in [6.07, 6.45) is 0.567. The molecule has 1 aromatic heterocycles. The number of nitrogens with zero attached hydrogens (tertiary/aromatic N) is 2. The van der Waals surface area contributed by atoms with Gasteiger partial charge in [0.25, 0.3) is 5.91 Å². The van der Waals surface area contributed by atoms with Crippen LogP contribution in [-0.2, 0) is 0 Å². The van der Waals surface area contributed by atoms with Crippen molar-refractivity contribution in [3.63, 3.8) is 0 Å². The van der Waals surface area contributed by atoms with E-state index in [1.807, 2.05) is 7.05 Å². The molecule has 0 radical (unpaired) electrons. The molecule has 0 saturated carbocycles. The van der Waals surface area contributed by atoms with Gasteiger partial charge in [0, 0.05) is 31.6 Å². The van der Waals surface area contributed by atoms with Crippen LogP contribution in [0.4, 0.5) is 0 Å². The number of furan rings is 1. The van der Waals surface area contributed by atoms with Gasteiger partial charge in [0.2, 0.25) is 0 Å². The third-order valence-corrected chi connectivity index (χ3v) is 3.84. The van der Waals surface area contributed by atoms with Crippen molar-refractivity contribution in [2.24, 2.45) is 0 Å². The molecule has 0 unspecified atom stereocenters. The van der Waals surface area contributed by atoms with E-state index >= 15 is 0 Å². The van der Waals surface area contributed by atoms with Gasteiger partial charge in [-0.3, -0.25) is 9.59 Å². The Morgan fingerprint density at radius 1 is 1.29 bits per heavy atom. The Kier molecular flexibility index (Phi) is 3.39. The first-order valence-electron chi connectivity index (χ1n) is 6.78. The van der Waals surface area contributed by atoms with Gasteiger partial charge in [0.1, 0.15) is 11.3 Å². The number of aromatic hydroxyl groups is 1. The van der Waals surface area contributed by atoms with E-state index in [-0.39, 0.29) is 23.0 Å². The molecule has 1 saturated heterocycles. The molecule has 3 rings (SSSR count). The number of hydrogen-bond acceptors (Lipinski definition) is 5. The summed E-state index contributed by atoms with van der Waals surface area (Å²) in [4.78, 5) is 27.4. The van der Waals surface area contributed by atoms with Crippen LogP contribution in [0.25, 0.3) is 11.0 Å². The Morgan fingerprint density at radius 2 is 2.00 bits per heavy atom. The van der Waals surface area contributed by atoms with Crippen molar-refractivity contribution in [2.45, 2.75) is 0 Å². The predicted octanol–water partition coefficient (Wildman–Crippen LogP) is 1.34. The number of benzene rings is 1. The molecule has 6 heteroatoms. The lowest BCUT2D eigenvalue weighted by molar-refractivity contribution is 0.0635. The Morgan fingerprint density at radius 3 is 2.67 bits per heavy atom. The highest BCUT2D eigenvalue weighted by molar-refractivity contribution is 6.03. The average molecular weight is 288 g/mol. The summed E-state index contributed by atoms with van der Waals surface area (Å²) in [7, 11) is 2.02. The highest BCUT2D eigenvalue weighted by atomic mass is 16.3. The lowest BCUT2D eigenvalue weighted by Crippen LogP contribution is -2.47. The normalized spacial score (nSPS) is 16.3. The van der Waals surface area contributed by atoms with Crippen molar-refractivity contribution < 1.29 is 19.1 Å². The molecule has 1 amide bonds. The minimum absolute atomic E-state index is 0.114. The Balaban J connectivity index is 1.94. The average Bonchev–Trinajstić information content (AvgIpc) is 2.91. The highest BCUT2D eigenvalue weighted by Gasteiger charge is 2.24. The maximum atomic E-state index is 12.4. The summed E-state index contributed by atoms with van der Waals surface area (Å²) in [5.74, 6) is -0.101. The fourth-order valence-electron chi connectivity index (χ4n) is 2.52. The van der Waals surface area contributed by atoms with Gasteiger partial charge in [-0.15, -0.1) is 0 Å². The van der Waals surface area contributed by atoms with E-state index in [0.717, 1.165) is 13.1 Å². The minimum Gasteiger partial charge on any atom is -0.507 e. The molecule has 1 aliphatic heterocycles. The molecule has 1 fully saturated rings. The molecule has 0 aliphatic carbocycles. The van der Waals surface area contributed by atoms with Crippen molar-refractivity contribution >= 4 is 23.2 Å². The van der Waals surface area contributed by atoms with E-state index in [1.165, 1.54) is 12.1 Å². The Bertz CT molecular complexity index is 699. The first-order valence-corrected chi connectivity index (χ1v) is 6.78.